The van der Waals surface area contributed by atoms with Crippen LogP contribution in [0.1, 0.15) is 5.56 Å². The number of ether oxygens (including phenoxy) is 1. The number of hydrogen-bond acceptors (Lipinski definition) is 7. The second-order valence-electron chi connectivity index (χ2n) is 7.61. The van der Waals surface area contributed by atoms with Gasteiger partial charge in [0.2, 0.25) is 5.95 Å². The van der Waals surface area contributed by atoms with Crippen LogP contribution in [0.3, 0.4) is 0 Å². The molecule has 3 heterocycles. The van der Waals surface area contributed by atoms with Crippen LogP contribution < -0.4 is 10.2 Å². The third-order valence-corrected chi connectivity index (χ3v) is 5.92. The zero-order chi connectivity index (χ0) is 24.4. The SMILES string of the molecule is N#Cc1ccc(-n2cc(-c3nc(Nc4ccc(N5CCOCC5=O)cc4)ncc3Cl)cn2)c(Cl)c1. The molecule has 2 aromatic heterocycles. The Kier molecular flexibility index (Phi) is 6.33. The molecule has 4 aromatic rings. The van der Waals surface area contributed by atoms with Crippen molar-refractivity contribution in [2.45, 2.75) is 0 Å². The van der Waals surface area contributed by atoms with E-state index in [2.05, 4.69) is 26.5 Å². The fourth-order valence-electron chi connectivity index (χ4n) is 3.61. The number of halogens is 2. The number of carbonyl (C=O) groups excluding carboxylic acids is 1. The topological polar surface area (TPSA) is 109 Å². The molecular formula is C24H17Cl2N7O2. The van der Waals surface area contributed by atoms with E-state index in [4.69, 9.17) is 33.2 Å². The zero-order valence-electron chi connectivity index (χ0n) is 18.2. The van der Waals surface area contributed by atoms with Crippen molar-refractivity contribution < 1.29 is 9.53 Å². The number of morpholine rings is 1. The van der Waals surface area contributed by atoms with E-state index in [-0.39, 0.29) is 12.5 Å². The first-order valence-corrected chi connectivity index (χ1v) is 11.3. The fourth-order valence-corrected chi connectivity index (χ4v) is 4.08. The van der Waals surface area contributed by atoms with Gasteiger partial charge >= 0.3 is 0 Å². The number of anilines is 3. The molecule has 0 saturated carbocycles. The number of nitrogens with zero attached hydrogens (tertiary/aromatic N) is 6. The van der Waals surface area contributed by atoms with Crippen LogP contribution in [-0.4, -0.2) is 45.4 Å². The molecule has 0 spiro atoms. The van der Waals surface area contributed by atoms with Crippen LogP contribution >= 0.6 is 23.2 Å². The van der Waals surface area contributed by atoms with Gasteiger partial charge in [0.15, 0.2) is 0 Å². The predicted octanol–water partition coefficient (Wildman–Crippen LogP) is 4.61. The summed E-state index contributed by atoms with van der Waals surface area (Å²) in [5.74, 6) is 0.286. The Morgan fingerprint density at radius 2 is 1.91 bits per heavy atom. The first-order valence-electron chi connectivity index (χ1n) is 10.5. The van der Waals surface area contributed by atoms with E-state index in [0.29, 0.717) is 51.7 Å². The highest BCUT2D eigenvalue weighted by molar-refractivity contribution is 6.33. The third kappa shape index (κ3) is 4.81. The molecule has 5 rings (SSSR count). The van der Waals surface area contributed by atoms with Gasteiger partial charge in [-0.1, -0.05) is 23.2 Å². The summed E-state index contributed by atoms with van der Waals surface area (Å²) in [7, 11) is 0. The van der Waals surface area contributed by atoms with Crippen molar-refractivity contribution in [3.05, 3.63) is 76.7 Å². The molecule has 0 aliphatic carbocycles. The van der Waals surface area contributed by atoms with Crippen molar-refractivity contribution in [3.8, 4) is 23.0 Å². The van der Waals surface area contributed by atoms with Gasteiger partial charge in [0.1, 0.15) is 6.61 Å². The van der Waals surface area contributed by atoms with E-state index in [9.17, 15) is 4.79 Å². The van der Waals surface area contributed by atoms with E-state index in [1.54, 1.807) is 40.2 Å². The summed E-state index contributed by atoms with van der Waals surface area (Å²) in [6.07, 6.45) is 4.89. The first-order chi connectivity index (χ1) is 17.0. The Balaban J connectivity index is 1.36. The molecule has 0 radical (unpaired) electrons. The van der Waals surface area contributed by atoms with E-state index < -0.39 is 0 Å². The normalized spacial score (nSPS) is 13.5. The van der Waals surface area contributed by atoms with E-state index in [0.717, 1.165) is 11.4 Å². The van der Waals surface area contributed by atoms with Crippen molar-refractivity contribution in [2.24, 2.45) is 0 Å². The quantitative estimate of drug-likeness (QED) is 0.421. The summed E-state index contributed by atoms with van der Waals surface area (Å²) < 4.78 is 6.77. The van der Waals surface area contributed by atoms with Crippen molar-refractivity contribution >= 4 is 46.4 Å². The third-order valence-electron chi connectivity index (χ3n) is 5.34. The highest BCUT2D eigenvalue weighted by Crippen LogP contribution is 2.29. The molecular weight excluding hydrogens is 489 g/mol. The summed E-state index contributed by atoms with van der Waals surface area (Å²) in [6.45, 7) is 1.13. The molecule has 35 heavy (non-hydrogen) atoms. The molecule has 174 valence electrons. The fraction of sp³-hybridized carbons (Fsp3) is 0.125. The van der Waals surface area contributed by atoms with Gasteiger partial charge in [-0.3, -0.25) is 4.79 Å². The summed E-state index contributed by atoms with van der Waals surface area (Å²) in [4.78, 5) is 22.6. The molecule has 9 nitrogen and oxygen atoms in total. The predicted molar refractivity (Wildman–Crippen MR) is 132 cm³/mol. The molecule has 1 saturated heterocycles. The monoisotopic (exact) mass is 505 g/mol. The lowest BCUT2D eigenvalue weighted by Gasteiger charge is -2.26. The van der Waals surface area contributed by atoms with E-state index in [1.807, 2.05) is 24.3 Å². The van der Waals surface area contributed by atoms with Crippen LogP contribution in [0.2, 0.25) is 10.0 Å². The molecule has 1 aliphatic heterocycles. The number of carbonyl (C=O) groups is 1. The lowest BCUT2D eigenvalue weighted by molar-refractivity contribution is -0.125. The minimum Gasteiger partial charge on any atom is -0.370 e. The maximum atomic E-state index is 12.0. The number of nitrogens with one attached hydrogen (secondary N) is 1. The van der Waals surface area contributed by atoms with Gasteiger partial charge < -0.3 is 15.0 Å². The summed E-state index contributed by atoms with van der Waals surface area (Å²) >= 11 is 12.7. The first kappa shape index (κ1) is 22.8. The summed E-state index contributed by atoms with van der Waals surface area (Å²) in [6, 6.07) is 14.4. The smallest absolute Gasteiger partial charge is 0.253 e. The Labute approximate surface area is 210 Å². The minimum absolute atomic E-state index is 0.0644. The number of nitriles is 1. The highest BCUT2D eigenvalue weighted by Gasteiger charge is 2.20. The minimum atomic E-state index is -0.0644. The van der Waals surface area contributed by atoms with Gasteiger partial charge in [-0.05, 0) is 42.5 Å². The average molecular weight is 506 g/mol. The lowest BCUT2D eigenvalue weighted by atomic mass is 10.2. The number of hydrogen-bond donors (Lipinski definition) is 1. The van der Waals surface area contributed by atoms with Gasteiger partial charge in [-0.2, -0.15) is 10.4 Å². The molecule has 1 fully saturated rings. The molecule has 0 unspecified atom stereocenters. The largest absolute Gasteiger partial charge is 0.370 e. The number of benzene rings is 2. The second kappa shape index (κ2) is 9.72. The Morgan fingerprint density at radius 1 is 1.09 bits per heavy atom. The Bertz CT molecular complexity index is 1450. The second-order valence-corrected chi connectivity index (χ2v) is 8.43. The van der Waals surface area contributed by atoms with Gasteiger partial charge in [0, 0.05) is 29.7 Å². The van der Waals surface area contributed by atoms with Gasteiger partial charge in [-0.25, -0.2) is 14.6 Å². The number of aromatic nitrogens is 4. The molecule has 1 aliphatic rings. The van der Waals surface area contributed by atoms with E-state index >= 15 is 0 Å². The number of rotatable bonds is 5. The molecule has 1 amide bonds. The Morgan fingerprint density at radius 3 is 2.66 bits per heavy atom. The molecule has 1 N–H and O–H groups in total. The van der Waals surface area contributed by atoms with Gasteiger partial charge in [-0.15, -0.1) is 0 Å². The molecule has 2 aromatic carbocycles. The molecule has 0 bridgehead atoms. The lowest BCUT2D eigenvalue weighted by Crippen LogP contribution is -2.41. The van der Waals surface area contributed by atoms with Crippen LogP contribution in [0.4, 0.5) is 17.3 Å². The number of amides is 1. The van der Waals surface area contributed by atoms with Crippen molar-refractivity contribution in [1.82, 2.24) is 19.7 Å². The maximum Gasteiger partial charge on any atom is 0.253 e. The van der Waals surface area contributed by atoms with Crippen LogP contribution in [0.5, 0.6) is 0 Å². The van der Waals surface area contributed by atoms with Crippen LogP contribution in [0.25, 0.3) is 16.9 Å². The van der Waals surface area contributed by atoms with Gasteiger partial charge in [0.05, 0.1) is 52.1 Å². The average Bonchev–Trinajstić information content (AvgIpc) is 3.36. The highest BCUT2D eigenvalue weighted by atomic mass is 35.5. The zero-order valence-corrected chi connectivity index (χ0v) is 19.7. The standard InChI is InChI=1S/C24H17Cl2N7O2/c25-19-9-15(10-27)1-6-21(19)33-13-16(11-29-33)23-20(26)12-28-24(31-23)30-17-2-4-18(5-3-17)32-7-8-35-14-22(32)34/h1-6,9,11-13H,7-8,14H2,(H,28,30,31). The molecule has 11 heteroatoms. The maximum absolute atomic E-state index is 12.0. The Hall–Kier alpha value is -3.97. The van der Waals surface area contributed by atoms with Gasteiger partial charge in [0.25, 0.3) is 5.91 Å². The van der Waals surface area contributed by atoms with E-state index in [1.165, 1.54) is 6.20 Å². The molecule has 0 atom stereocenters. The van der Waals surface area contributed by atoms with Crippen molar-refractivity contribution in [2.75, 3.05) is 30.0 Å². The van der Waals surface area contributed by atoms with Crippen molar-refractivity contribution in [1.29, 1.82) is 5.26 Å². The summed E-state index contributed by atoms with van der Waals surface area (Å²) in [5.41, 5.74) is 3.81. The van der Waals surface area contributed by atoms with Crippen molar-refractivity contribution in [3.63, 3.8) is 0 Å². The van der Waals surface area contributed by atoms with Crippen LogP contribution in [0, 0.1) is 11.3 Å². The van der Waals surface area contributed by atoms with Crippen LogP contribution in [0.15, 0.2) is 61.1 Å². The summed E-state index contributed by atoms with van der Waals surface area (Å²) in [5, 5.41) is 17.3. The van der Waals surface area contributed by atoms with Crippen LogP contribution in [-0.2, 0) is 9.53 Å².